The molecular formula is C21H20F2N2O2. The Bertz CT molecular complexity index is 825. The first kappa shape index (κ1) is 18.9. The van der Waals surface area contributed by atoms with Gasteiger partial charge in [-0.05, 0) is 41.8 Å². The molecule has 1 atom stereocenters. The fourth-order valence-corrected chi connectivity index (χ4v) is 2.59. The van der Waals surface area contributed by atoms with Gasteiger partial charge >= 0.3 is 0 Å². The highest BCUT2D eigenvalue weighted by Crippen LogP contribution is 2.21. The molecule has 3 aromatic rings. The molecule has 0 aliphatic rings. The lowest BCUT2D eigenvalue weighted by Crippen LogP contribution is -2.18. The summed E-state index contributed by atoms with van der Waals surface area (Å²) in [5, 5.41) is 9.00. The molecule has 0 amide bonds. The lowest BCUT2D eigenvalue weighted by atomic mass is 10.0. The molecule has 2 aromatic carbocycles. The Morgan fingerprint density at radius 1 is 0.889 bits per heavy atom. The Balaban J connectivity index is 1.61. The number of halogens is 2. The number of rotatable bonds is 8. The Morgan fingerprint density at radius 3 is 2.15 bits per heavy atom. The van der Waals surface area contributed by atoms with Gasteiger partial charge in [0.05, 0.1) is 6.61 Å². The average Bonchev–Trinajstić information content (AvgIpc) is 2.72. The second-order valence-corrected chi connectivity index (χ2v) is 6.19. The van der Waals surface area contributed by atoms with Crippen molar-refractivity contribution >= 4 is 0 Å². The van der Waals surface area contributed by atoms with Gasteiger partial charge in [-0.3, -0.25) is 0 Å². The summed E-state index contributed by atoms with van der Waals surface area (Å²) in [5.41, 5.74) is 2.47. The van der Waals surface area contributed by atoms with E-state index in [1.54, 1.807) is 0 Å². The van der Waals surface area contributed by atoms with Crippen molar-refractivity contribution in [2.75, 3.05) is 6.61 Å². The second-order valence-electron chi connectivity index (χ2n) is 6.19. The van der Waals surface area contributed by atoms with E-state index >= 15 is 0 Å². The smallest absolute Gasteiger partial charge is 0.243 e. The molecule has 0 aliphatic heterocycles. The third-order valence-electron chi connectivity index (χ3n) is 4.15. The Labute approximate surface area is 156 Å². The number of hydrogen-bond acceptors (Lipinski definition) is 4. The lowest BCUT2D eigenvalue weighted by molar-refractivity contribution is 0.0417. The topological polar surface area (TPSA) is 55.2 Å². The van der Waals surface area contributed by atoms with Gasteiger partial charge in [-0.15, -0.1) is 0 Å². The molecule has 0 radical (unpaired) electrons. The average molecular weight is 370 g/mol. The molecule has 140 valence electrons. The molecule has 1 aromatic heterocycles. The second kappa shape index (κ2) is 9.19. The molecule has 27 heavy (non-hydrogen) atoms. The van der Waals surface area contributed by atoms with Crippen LogP contribution >= 0.6 is 0 Å². The van der Waals surface area contributed by atoms with E-state index in [1.807, 2.05) is 54.6 Å². The van der Waals surface area contributed by atoms with E-state index in [0.717, 1.165) is 16.9 Å². The summed E-state index contributed by atoms with van der Waals surface area (Å²) in [7, 11) is 0. The molecule has 4 nitrogen and oxygen atoms in total. The molecule has 0 saturated carbocycles. The Kier molecular flexibility index (Phi) is 6.44. The van der Waals surface area contributed by atoms with Crippen LogP contribution in [0.15, 0.2) is 67.0 Å². The van der Waals surface area contributed by atoms with Crippen LogP contribution in [0.3, 0.4) is 0 Å². The maximum absolute atomic E-state index is 12.7. The molecule has 0 bridgehead atoms. The largest absolute Gasteiger partial charge is 0.489 e. The van der Waals surface area contributed by atoms with Crippen molar-refractivity contribution in [3.05, 3.63) is 78.1 Å². The quantitative estimate of drug-likeness (QED) is 0.648. The number of aromatic nitrogens is 2. The number of aliphatic hydroxyl groups is 1. The SMILES string of the molecule is OCC(Cc1cnc(-c2ccc(OCc3ccccc3)cc2)nc1)C(F)F. The molecular weight excluding hydrogens is 350 g/mol. The minimum Gasteiger partial charge on any atom is -0.489 e. The molecule has 0 spiro atoms. The van der Waals surface area contributed by atoms with Crippen LogP contribution in [0.25, 0.3) is 11.4 Å². The predicted molar refractivity (Wildman–Crippen MR) is 98.5 cm³/mol. The molecule has 1 unspecified atom stereocenters. The highest BCUT2D eigenvalue weighted by atomic mass is 19.3. The van der Waals surface area contributed by atoms with Gasteiger partial charge in [-0.2, -0.15) is 0 Å². The standard InChI is InChI=1S/C21H20F2N2O2/c22-20(23)18(13-26)10-16-11-24-21(25-12-16)17-6-8-19(9-7-17)27-14-15-4-2-1-3-5-15/h1-9,11-12,18,20,26H,10,13-14H2. The zero-order valence-corrected chi connectivity index (χ0v) is 14.6. The predicted octanol–water partition coefficient (Wildman–Crippen LogP) is 4.14. The van der Waals surface area contributed by atoms with Crippen LogP contribution in [-0.4, -0.2) is 28.1 Å². The van der Waals surface area contributed by atoms with Gasteiger partial charge in [0.2, 0.25) is 6.43 Å². The summed E-state index contributed by atoms with van der Waals surface area (Å²) in [6, 6.07) is 17.3. The normalized spacial score (nSPS) is 12.1. The number of benzene rings is 2. The molecule has 3 rings (SSSR count). The first-order valence-electron chi connectivity index (χ1n) is 8.63. The summed E-state index contributed by atoms with van der Waals surface area (Å²) in [6.07, 6.45) is 0.513. The van der Waals surface area contributed by atoms with Gasteiger partial charge in [-0.1, -0.05) is 30.3 Å². The molecule has 1 N–H and O–H groups in total. The zero-order chi connectivity index (χ0) is 19.1. The van der Waals surface area contributed by atoms with Crippen LogP contribution in [0.5, 0.6) is 5.75 Å². The third-order valence-corrected chi connectivity index (χ3v) is 4.15. The Hall–Kier alpha value is -2.86. The first-order valence-corrected chi connectivity index (χ1v) is 8.63. The van der Waals surface area contributed by atoms with E-state index < -0.39 is 19.0 Å². The van der Waals surface area contributed by atoms with Gasteiger partial charge in [-0.25, -0.2) is 18.7 Å². The minimum atomic E-state index is -2.57. The number of nitrogens with zero attached hydrogens (tertiary/aromatic N) is 2. The van der Waals surface area contributed by atoms with E-state index in [9.17, 15) is 8.78 Å². The van der Waals surface area contributed by atoms with Crippen LogP contribution in [-0.2, 0) is 13.0 Å². The number of alkyl halides is 2. The first-order chi connectivity index (χ1) is 13.2. The van der Waals surface area contributed by atoms with E-state index in [-0.39, 0.29) is 6.42 Å². The maximum Gasteiger partial charge on any atom is 0.243 e. The van der Waals surface area contributed by atoms with Crippen LogP contribution in [0.4, 0.5) is 8.78 Å². The van der Waals surface area contributed by atoms with Crippen molar-refractivity contribution < 1.29 is 18.6 Å². The van der Waals surface area contributed by atoms with E-state index in [0.29, 0.717) is 18.0 Å². The Morgan fingerprint density at radius 2 is 1.56 bits per heavy atom. The minimum absolute atomic E-state index is 0.0424. The highest BCUT2D eigenvalue weighted by Gasteiger charge is 2.20. The zero-order valence-electron chi connectivity index (χ0n) is 14.6. The van der Waals surface area contributed by atoms with Crippen molar-refractivity contribution in [1.82, 2.24) is 9.97 Å². The van der Waals surface area contributed by atoms with Crippen molar-refractivity contribution in [3.8, 4) is 17.1 Å². The van der Waals surface area contributed by atoms with Crippen molar-refractivity contribution in [1.29, 1.82) is 0 Å². The highest BCUT2D eigenvalue weighted by molar-refractivity contribution is 5.55. The molecule has 1 heterocycles. The van der Waals surface area contributed by atoms with Crippen molar-refractivity contribution in [2.24, 2.45) is 5.92 Å². The summed E-state index contributed by atoms with van der Waals surface area (Å²) >= 11 is 0. The van der Waals surface area contributed by atoms with Gasteiger partial charge in [0.15, 0.2) is 5.82 Å². The number of ether oxygens (including phenoxy) is 1. The summed E-state index contributed by atoms with van der Waals surface area (Å²) < 4.78 is 31.2. The number of hydrogen-bond donors (Lipinski definition) is 1. The van der Waals surface area contributed by atoms with Gasteiger partial charge in [0, 0.05) is 23.9 Å². The molecule has 0 aliphatic carbocycles. The van der Waals surface area contributed by atoms with Crippen LogP contribution in [0, 0.1) is 5.92 Å². The van der Waals surface area contributed by atoms with Gasteiger partial charge in [0.25, 0.3) is 0 Å². The summed E-state index contributed by atoms with van der Waals surface area (Å²) in [4.78, 5) is 8.48. The van der Waals surface area contributed by atoms with E-state index in [1.165, 1.54) is 12.4 Å². The maximum atomic E-state index is 12.7. The molecule has 0 fully saturated rings. The van der Waals surface area contributed by atoms with Crippen molar-refractivity contribution in [2.45, 2.75) is 19.5 Å². The fourth-order valence-electron chi connectivity index (χ4n) is 2.59. The molecule has 0 saturated heterocycles. The fraction of sp³-hybridized carbons (Fsp3) is 0.238. The third kappa shape index (κ3) is 5.31. The van der Waals surface area contributed by atoms with Crippen LogP contribution in [0.1, 0.15) is 11.1 Å². The van der Waals surface area contributed by atoms with Crippen molar-refractivity contribution in [3.63, 3.8) is 0 Å². The lowest BCUT2D eigenvalue weighted by Gasteiger charge is -2.12. The molecule has 6 heteroatoms. The van der Waals surface area contributed by atoms with E-state index in [4.69, 9.17) is 9.84 Å². The van der Waals surface area contributed by atoms with Crippen LogP contribution < -0.4 is 4.74 Å². The number of aliphatic hydroxyl groups excluding tert-OH is 1. The summed E-state index contributed by atoms with van der Waals surface area (Å²) in [6.45, 7) is -0.0780. The van der Waals surface area contributed by atoms with Crippen LogP contribution in [0.2, 0.25) is 0 Å². The summed E-state index contributed by atoms with van der Waals surface area (Å²) in [5.74, 6) is 0.147. The monoisotopic (exact) mass is 370 g/mol. The van der Waals surface area contributed by atoms with Gasteiger partial charge in [0.1, 0.15) is 12.4 Å². The van der Waals surface area contributed by atoms with E-state index in [2.05, 4.69) is 9.97 Å². The van der Waals surface area contributed by atoms with Gasteiger partial charge < -0.3 is 9.84 Å².